The molecule has 1 aromatic heterocycles. The normalized spacial score (nSPS) is 10.7. The molecule has 0 spiro atoms. The van der Waals surface area contributed by atoms with Gasteiger partial charge in [-0.1, -0.05) is 6.92 Å². The fraction of sp³-hybridized carbons (Fsp3) is 0.333. The van der Waals surface area contributed by atoms with Crippen LogP contribution in [0, 0.1) is 0 Å². The molecule has 2 aromatic rings. The number of rotatable bonds is 5. The van der Waals surface area contributed by atoms with E-state index >= 15 is 0 Å². The number of anilines is 2. The van der Waals surface area contributed by atoms with Gasteiger partial charge in [-0.15, -0.1) is 0 Å². The van der Waals surface area contributed by atoms with E-state index in [0.29, 0.717) is 12.5 Å². The first-order valence-electron chi connectivity index (χ1n) is 6.54. The van der Waals surface area contributed by atoms with Crippen molar-refractivity contribution in [3.05, 3.63) is 42.2 Å². The van der Waals surface area contributed by atoms with Crippen LogP contribution in [0.4, 0.5) is 11.4 Å². The van der Waals surface area contributed by atoms with E-state index in [4.69, 9.17) is 0 Å². The Morgan fingerprint density at radius 1 is 1.26 bits per heavy atom. The summed E-state index contributed by atoms with van der Waals surface area (Å²) in [6.45, 7) is 6.04. The van der Waals surface area contributed by atoms with Gasteiger partial charge in [0, 0.05) is 29.9 Å². The van der Waals surface area contributed by atoms with Gasteiger partial charge in [-0.3, -0.25) is 9.48 Å². The first kappa shape index (κ1) is 13.3. The molecule has 1 heterocycles. The lowest BCUT2D eigenvalue weighted by Gasteiger charge is -2.05. The van der Waals surface area contributed by atoms with E-state index in [-0.39, 0.29) is 5.78 Å². The third-order valence-corrected chi connectivity index (χ3v) is 2.95. The van der Waals surface area contributed by atoms with Gasteiger partial charge in [-0.2, -0.15) is 5.10 Å². The molecule has 0 atom stereocenters. The molecule has 0 saturated heterocycles. The number of nitrogens with one attached hydrogen (secondary N) is 1. The second-order valence-corrected chi connectivity index (χ2v) is 4.78. The van der Waals surface area contributed by atoms with E-state index in [0.717, 1.165) is 16.9 Å². The molecule has 0 bridgehead atoms. The molecule has 0 amide bonds. The Bertz CT molecular complexity index is 555. The molecule has 0 aliphatic carbocycles. The molecular weight excluding hydrogens is 238 g/mol. The van der Waals surface area contributed by atoms with Crippen molar-refractivity contribution in [1.29, 1.82) is 0 Å². The number of carbonyl (C=O) groups is 1. The minimum Gasteiger partial charge on any atom is -0.353 e. The summed E-state index contributed by atoms with van der Waals surface area (Å²) < 4.78 is 1.90. The van der Waals surface area contributed by atoms with Crippen LogP contribution in [0.1, 0.15) is 43.6 Å². The summed E-state index contributed by atoms with van der Waals surface area (Å²) in [7, 11) is 0. The maximum Gasteiger partial charge on any atom is 0.162 e. The number of Topliss-reactive ketones (excluding diaryl/α,β-unsaturated/α-hetero) is 1. The number of carbonyl (C=O) groups excluding carboxylic acids is 1. The van der Waals surface area contributed by atoms with Crippen LogP contribution < -0.4 is 5.32 Å². The Balaban J connectivity index is 2.08. The van der Waals surface area contributed by atoms with Crippen molar-refractivity contribution in [3.8, 4) is 0 Å². The van der Waals surface area contributed by atoms with E-state index in [9.17, 15) is 4.79 Å². The maximum atomic E-state index is 11.5. The molecule has 100 valence electrons. The molecule has 4 heteroatoms. The van der Waals surface area contributed by atoms with Gasteiger partial charge in [0.25, 0.3) is 0 Å². The van der Waals surface area contributed by atoms with Crippen molar-refractivity contribution in [2.24, 2.45) is 0 Å². The number of hydrogen-bond donors (Lipinski definition) is 1. The lowest BCUT2D eigenvalue weighted by atomic mass is 10.1. The van der Waals surface area contributed by atoms with Crippen molar-refractivity contribution >= 4 is 17.2 Å². The van der Waals surface area contributed by atoms with Gasteiger partial charge in [0.2, 0.25) is 0 Å². The fourth-order valence-corrected chi connectivity index (χ4v) is 1.80. The zero-order valence-corrected chi connectivity index (χ0v) is 11.6. The van der Waals surface area contributed by atoms with Crippen molar-refractivity contribution in [2.45, 2.75) is 33.2 Å². The zero-order valence-electron chi connectivity index (χ0n) is 11.6. The van der Waals surface area contributed by atoms with Gasteiger partial charge in [0.15, 0.2) is 5.78 Å². The second kappa shape index (κ2) is 5.69. The van der Waals surface area contributed by atoms with Crippen LogP contribution in [0.15, 0.2) is 36.7 Å². The van der Waals surface area contributed by atoms with Crippen molar-refractivity contribution in [2.75, 3.05) is 5.32 Å². The molecule has 4 nitrogen and oxygen atoms in total. The Kier molecular flexibility index (Phi) is 4.00. The van der Waals surface area contributed by atoms with E-state index in [1.165, 1.54) is 0 Å². The van der Waals surface area contributed by atoms with Crippen LogP contribution in [0.2, 0.25) is 0 Å². The predicted molar refractivity (Wildman–Crippen MR) is 77.0 cm³/mol. The highest BCUT2D eigenvalue weighted by atomic mass is 16.1. The zero-order chi connectivity index (χ0) is 13.8. The molecule has 19 heavy (non-hydrogen) atoms. The van der Waals surface area contributed by atoms with Crippen LogP contribution in [-0.2, 0) is 0 Å². The Hall–Kier alpha value is -2.10. The van der Waals surface area contributed by atoms with E-state index in [2.05, 4.69) is 24.3 Å². The minimum atomic E-state index is 0.166. The standard InChI is InChI=1S/C15H19N3O/c1-4-15(19)12-5-7-13(8-6-12)17-14-9-16-18(10-14)11(2)3/h5-11,17H,4H2,1-3H3. The molecule has 0 unspecified atom stereocenters. The number of ketones is 1. The molecule has 0 saturated carbocycles. The lowest BCUT2D eigenvalue weighted by Crippen LogP contribution is -2.00. The third-order valence-electron chi connectivity index (χ3n) is 2.95. The number of nitrogens with zero attached hydrogens (tertiary/aromatic N) is 2. The Morgan fingerprint density at radius 3 is 2.47 bits per heavy atom. The lowest BCUT2D eigenvalue weighted by molar-refractivity contribution is 0.0988. The molecule has 1 aromatic carbocycles. The first-order chi connectivity index (χ1) is 9.10. The summed E-state index contributed by atoms with van der Waals surface area (Å²) in [5.74, 6) is 0.166. The molecule has 0 radical (unpaired) electrons. The summed E-state index contributed by atoms with van der Waals surface area (Å²) in [5, 5.41) is 7.54. The van der Waals surface area contributed by atoms with Crippen molar-refractivity contribution < 1.29 is 4.79 Å². The van der Waals surface area contributed by atoms with Crippen LogP contribution in [0.25, 0.3) is 0 Å². The fourth-order valence-electron chi connectivity index (χ4n) is 1.80. The third kappa shape index (κ3) is 3.22. The Labute approximate surface area is 113 Å². The average molecular weight is 257 g/mol. The van der Waals surface area contributed by atoms with Crippen LogP contribution in [-0.4, -0.2) is 15.6 Å². The summed E-state index contributed by atoms with van der Waals surface area (Å²) >= 11 is 0. The largest absolute Gasteiger partial charge is 0.353 e. The van der Waals surface area contributed by atoms with E-state index < -0.39 is 0 Å². The van der Waals surface area contributed by atoms with Gasteiger partial charge < -0.3 is 5.32 Å². The summed E-state index contributed by atoms with van der Waals surface area (Å²) in [4.78, 5) is 11.5. The summed E-state index contributed by atoms with van der Waals surface area (Å²) in [6, 6.07) is 7.87. The SMILES string of the molecule is CCC(=O)c1ccc(Nc2cnn(C(C)C)c2)cc1. The van der Waals surface area contributed by atoms with Crippen LogP contribution >= 0.6 is 0 Å². The molecule has 0 aliphatic heterocycles. The quantitative estimate of drug-likeness (QED) is 0.829. The van der Waals surface area contributed by atoms with Gasteiger partial charge in [-0.25, -0.2) is 0 Å². The average Bonchev–Trinajstić information content (AvgIpc) is 2.87. The van der Waals surface area contributed by atoms with Gasteiger partial charge in [-0.05, 0) is 38.1 Å². The van der Waals surface area contributed by atoms with Crippen LogP contribution in [0.5, 0.6) is 0 Å². The van der Waals surface area contributed by atoms with Crippen molar-refractivity contribution in [3.63, 3.8) is 0 Å². The number of benzene rings is 1. The van der Waals surface area contributed by atoms with Crippen molar-refractivity contribution in [1.82, 2.24) is 9.78 Å². The van der Waals surface area contributed by atoms with E-state index in [1.54, 1.807) is 6.20 Å². The second-order valence-electron chi connectivity index (χ2n) is 4.78. The molecule has 2 rings (SSSR count). The molecular formula is C15H19N3O. The highest BCUT2D eigenvalue weighted by Gasteiger charge is 2.04. The van der Waals surface area contributed by atoms with Gasteiger partial charge in [0.05, 0.1) is 11.9 Å². The highest BCUT2D eigenvalue weighted by molar-refractivity contribution is 5.96. The topological polar surface area (TPSA) is 46.9 Å². The maximum absolute atomic E-state index is 11.5. The van der Waals surface area contributed by atoms with Gasteiger partial charge in [0.1, 0.15) is 0 Å². The summed E-state index contributed by atoms with van der Waals surface area (Å²) in [5.41, 5.74) is 2.66. The highest BCUT2D eigenvalue weighted by Crippen LogP contribution is 2.18. The van der Waals surface area contributed by atoms with Crippen LogP contribution in [0.3, 0.4) is 0 Å². The number of hydrogen-bond acceptors (Lipinski definition) is 3. The Morgan fingerprint density at radius 2 is 1.95 bits per heavy atom. The molecule has 1 N–H and O–H groups in total. The first-order valence-corrected chi connectivity index (χ1v) is 6.54. The van der Waals surface area contributed by atoms with Gasteiger partial charge >= 0.3 is 0 Å². The summed E-state index contributed by atoms with van der Waals surface area (Å²) in [6.07, 6.45) is 4.30. The molecule has 0 aliphatic rings. The predicted octanol–water partition coefficient (Wildman–Crippen LogP) is 3.80. The number of aromatic nitrogens is 2. The molecule has 0 fully saturated rings. The smallest absolute Gasteiger partial charge is 0.162 e. The van der Waals surface area contributed by atoms with E-state index in [1.807, 2.05) is 42.1 Å². The monoisotopic (exact) mass is 257 g/mol. The minimum absolute atomic E-state index is 0.166.